The molecular formula is C16H25N3OS. The molecule has 5 heteroatoms. The summed E-state index contributed by atoms with van der Waals surface area (Å²) in [5.74, 6) is 1.16. The molecule has 2 N–H and O–H groups in total. The zero-order valence-electron chi connectivity index (χ0n) is 12.9. The van der Waals surface area contributed by atoms with Crippen LogP contribution in [0.25, 0.3) is 0 Å². The van der Waals surface area contributed by atoms with Crippen LogP contribution in [0.4, 0.5) is 4.79 Å². The Hall–Kier alpha value is -1.23. The summed E-state index contributed by atoms with van der Waals surface area (Å²) in [7, 11) is 0. The zero-order valence-corrected chi connectivity index (χ0v) is 13.7. The fraction of sp³-hybridized carbons (Fsp3) is 0.625. The topological polar surface area (TPSA) is 54.0 Å². The van der Waals surface area contributed by atoms with Gasteiger partial charge in [0.15, 0.2) is 0 Å². The maximum Gasteiger partial charge on any atom is 0.315 e. The molecule has 1 heterocycles. The number of thioether (sulfide) groups is 1. The van der Waals surface area contributed by atoms with Crippen molar-refractivity contribution in [3.05, 3.63) is 29.6 Å². The van der Waals surface area contributed by atoms with Gasteiger partial charge in [-0.15, -0.1) is 0 Å². The van der Waals surface area contributed by atoms with Gasteiger partial charge in [0, 0.05) is 17.5 Å². The molecule has 2 amide bonds. The molecule has 116 valence electrons. The Bertz CT molecular complexity index is 465. The number of aromatic nitrogens is 1. The summed E-state index contributed by atoms with van der Waals surface area (Å²) in [6.45, 7) is 4.69. The molecule has 1 fully saturated rings. The average molecular weight is 307 g/mol. The summed E-state index contributed by atoms with van der Waals surface area (Å²) in [4.78, 5) is 16.3. The third-order valence-corrected chi connectivity index (χ3v) is 5.13. The Morgan fingerprint density at radius 3 is 3.10 bits per heavy atom. The van der Waals surface area contributed by atoms with Gasteiger partial charge in [-0.05, 0) is 43.6 Å². The summed E-state index contributed by atoms with van der Waals surface area (Å²) < 4.78 is 0. The lowest BCUT2D eigenvalue weighted by Gasteiger charge is -2.29. The predicted octanol–water partition coefficient (Wildman–Crippen LogP) is 3.25. The van der Waals surface area contributed by atoms with Crippen LogP contribution in [0.5, 0.6) is 0 Å². The Morgan fingerprint density at radius 2 is 2.33 bits per heavy atom. The lowest BCUT2D eigenvalue weighted by Crippen LogP contribution is -2.44. The number of hydrogen-bond acceptors (Lipinski definition) is 3. The van der Waals surface area contributed by atoms with Crippen molar-refractivity contribution in [2.45, 2.75) is 57.4 Å². The second-order valence-corrected chi connectivity index (χ2v) is 7.11. The molecule has 0 radical (unpaired) electrons. The van der Waals surface area contributed by atoms with Crippen LogP contribution in [0.3, 0.4) is 0 Å². The molecule has 2 atom stereocenters. The maximum atomic E-state index is 12.0. The van der Waals surface area contributed by atoms with Crippen molar-refractivity contribution in [3.63, 3.8) is 0 Å². The molecule has 0 aromatic carbocycles. The van der Waals surface area contributed by atoms with E-state index in [4.69, 9.17) is 0 Å². The number of nitrogens with one attached hydrogen (secondary N) is 2. The first-order valence-corrected chi connectivity index (χ1v) is 8.80. The highest BCUT2D eigenvalue weighted by Crippen LogP contribution is 2.28. The first-order chi connectivity index (χ1) is 10.2. The SMILES string of the molecule is CCSC1CCCC(NC(=O)NCc2ncccc2C)C1. The molecule has 21 heavy (non-hydrogen) atoms. The van der Waals surface area contributed by atoms with Crippen LogP contribution in [0.1, 0.15) is 43.9 Å². The summed E-state index contributed by atoms with van der Waals surface area (Å²) in [6.07, 6.45) is 6.44. The Kier molecular flexibility index (Phi) is 6.36. The Balaban J connectivity index is 1.75. The summed E-state index contributed by atoms with van der Waals surface area (Å²) >= 11 is 2.01. The summed E-state index contributed by atoms with van der Waals surface area (Å²) in [5, 5.41) is 6.72. The summed E-state index contributed by atoms with van der Waals surface area (Å²) in [5.41, 5.74) is 2.03. The maximum absolute atomic E-state index is 12.0. The molecule has 1 aliphatic rings. The number of carbonyl (C=O) groups is 1. The number of amides is 2. The molecule has 2 rings (SSSR count). The van der Waals surface area contributed by atoms with Gasteiger partial charge in [0.2, 0.25) is 0 Å². The number of nitrogens with zero attached hydrogens (tertiary/aromatic N) is 1. The minimum absolute atomic E-state index is 0.0767. The molecule has 1 saturated carbocycles. The number of urea groups is 1. The number of rotatable bonds is 5. The van der Waals surface area contributed by atoms with E-state index < -0.39 is 0 Å². The van der Waals surface area contributed by atoms with E-state index in [1.54, 1.807) is 6.20 Å². The largest absolute Gasteiger partial charge is 0.335 e. The quantitative estimate of drug-likeness (QED) is 0.878. The van der Waals surface area contributed by atoms with E-state index in [2.05, 4.69) is 22.5 Å². The van der Waals surface area contributed by atoms with Crippen molar-refractivity contribution in [1.82, 2.24) is 15.6 Å². The first kappa shape index (κ1) is 16.1. The van der Waals surface area contributed by atoms with E-state index in [0.29, 0.717) is 17.8 Å². The van der Waals surface area contributed by atoms with Gasteiger partial charge in [-0.2, -0.15) is 11.8 Å². The molecule has 0 bridgehead atoms. The molecule has 1 aromatic heterocycles. The number of hydrogen-bond donors (Lipinski definition) is 2. The van der Waals surface area contributed by atoms with Gasteiger partial charge < -0.3 is 10.6 Å². The van der Waals surface area contributed by atoms with Crippen molar-refractivity contribution >= 4 is 17.8 Å². The van der Waals surface area contributed by atoms with Crippen molar-refractivity contribution in [3.8, 4) is 0 Å². The van der Waals surface area contributed by atoms with Crippen molar-refractivity contribution in [2.75, 3.05) is 5.75 Å². The highest BCUT2D eigenvalue weighted by atomic mass is 32.2. The van der Waals surface area contributed by atoms with Crippen LogP contribution in [0, 0.1) is 6.92 Å². The standard InChI is InChI=1S/C16H25N3OS/c1-3-21-14-8-4-7-13(10-14)19-16(20)18-11-15-12(2)6-5-9-17-15/h5-6,9,13-14H,3-4,7-8,10-11H2,1-2H3,(H2,18,19,20). The van der Waals surface area contributed by atoms with E-state index in [-0.39, 0.29) is 6.03 Å². The fourth-order valence-electron chi connectivity index (χ4n) is 2.77. The molecule has 1 aromatic rings. The molecule has 0 spiro atoms. The molecule has 2 unspecified atom stereocenters. The van der Waals surface area contributed by atoms with Gasteiger partial charge in [0.1, 0.15) is 0 Å². The Labute approximate surface area is 131 Å². The van der Waals surface area contributed by atoms with E-state index in [0.717, 1.165) is 29.9 Å². The lowest BCUT2D eigenvalue weighted by atomic mass is 9.95. The molecule has 0 saturated heterocycles. The van der Waals surface area contributed by atoms with Crippen molar-refractivity contribution in [2.24, 2.45) is 0 Å². The van der Waals surface area contributed by atoms with Crippen molar-refractivity contribution in [1.29, 1.82) is 0 Å². The monoisotopic (exact) mass is 307 g/mol. The average Bonchev–Trinajstić information content (AvgIpc) is 2.47. The predicted molar refractivity (Wildman–Crippen MR) is 88.5 cm³/mol. The minimum atomic E-state index is -0.0767. The minimum Gasteiger partial charge on any atom is -0.335 e. The van der Waals surface area contributed by atoms with Crippen molar-refractivity contribution < 1.29 is 4.79 Å². The summed E-state index contributed by atoms with van der Waals surface area (Å²) in [6, 6.07) is 4.15. The molecule has 0 aliphatic heterocycles. The van der Waals surface area contributed by atoms with Crippen LogP contribution in [0.2, 0.25) is 0 Å². The highest BCUT2D eigenvalue weighted by molar-refractivity contribution is 7.99. The highest BCUT2D eigenvalue weighted by Gasteiger charge is 2.23. The van der Waals surface area contributed by atoms with E-state index in [9.17, 15) is 4.79 Å². The normalized spacial score (nSPS) is 21.8. The molecule has 1 aliphatic carbocycles. The van der Waals surface area contributed by atoms with Gasteiger partial charge in [-0.1, -0.05) is 19.4 Å². The number of aryl methyl sites for hydroxylation is 1. The van der Waals surface area contributed by atoms with Crippen LogP contribution >= 0.6 is 11.8 Å². The third kappa shape index (κ3) is 5.23. The molecule has 4 nitrogen and oxygen atoms in total. The van der Waals surface area contributed by atoms with E-state index in [1.807, 2.05) is 30.8 Å². The number of carbonyl (C=O) groups excluding carboxylic acids is 1. The Morgan fingerprint density at radius 1 is 1.48 bits per heavy atom. The van der Waals surface area contributed by atoms with E-state index in [1.165, 1.54) is 12.8 Å². The third-order valence-electron chi connectivity index (χ3n) is 3.90. The van der Waals surface area contributed by atoms with Gasteiger partial charge in [0.25, 0.3) is 0 Å². The lowest BCUT2D eigenvalue weighted by molar-refractivity contribution is 0.232. The van der Waals surface area contributed by atoms with Crippen LogP contribution in [-0.2, 0) is 6.54 Å². The van der Waals surface area contributed by atoms with E-state index >= 15 is 0 Å². The number of pyridine rings is 1. The van der Waals surface area contributed by atoms with Crippen LogP contribution in [0.15, 0.2) is 18.3 Å². The van der Waals surface area contributed by atoms with Gasteiger partial charge in [-0.25, -0.2) is 4.79 Å². The zero-order chi connectivity index (χ0) is 15.1. The fourth-order valence-corrected chi connectivity index (χ4v) is 3.94. The van der Waals surface area contributed by atoms with Crippen LogP contribution in [-0.4, -0.2) is 28.1 Å². The van der Waals surface area contributed by atoms with Gasteiger partial charge in [-0.3, -0.25) is 4.98 Å². The first-order valence-electron chi connectivity index (χ1n) is 7.75. The van der Waals surface area contributed by atoms with Crippen LogP contribution < -0.4 is 10.6 Å². The van der Waals surface area contributed by atoms with Gasteiger partial charge >= 0.3 is 6.03 Å². The second kappa shape index (κ2) is 8.27. The smallest absolute Gasteiger partial charge is 0.315 e. The van der Waals surface area contributed by atoms with Gasteiger partial charge in [0.05, 0.1) is 12.2 Å². The molecular weight excluding hydrogens is 282 g/mol. The second-order valence-electron chi connectivity index (χ2n) is 5.53.